The molecule has 2 amide bonds. The summed E-state index contributed by atoms with van der Waals surface area (Å²) in [6, 6.07) is 0.120. The monoisotopic (exact) mass is 225 g/mol. The van der Waals surface area contributed by atoms with E-state index in [2.05, 4.69) is 16.0 Å². The fourth-order valence-corrected chi connectivity index (χ4v) is 2.27. The SMILES string of the molecule is CC1(C(=O)NCC2CCC(=O)N2)CCNC1. The first kappa shape index (κ1) is 11.4. The quantitative estimate of drug-likeness (QED) is 0.599. The van der Waals surface area contributed by atoms with Crippen molar-refractivity contribution in [3.05, 3.63) is 0 Å². The highest BCUT2D eigenvalue weighted by Crippen LogP contribution is 2.24. The van der Waals surface area contributed by atoms with Crippen LogP contribution in [0, 0.1) is 5.41 Å². The highest BCUT2D eigenvalue weighted by molar-refractivity contribution is 5.83. The third kappa shape index (κ3) is 2.35. The lowest BCUT2D eigenvalue weighted by molar-refractivity contribution is -0.129. The summed E-state index contributed by atoms with van der Waals surface area (Å²) in [7, 11) is 0. The van der Waals surface area contributed by atoms with Crippen molar-refractivity contribution in [1.82, 2.24) is 16.0 Å². The highest BCUT2D eigenvalue weighted by atomic mass is 16.2. The summed E-state index contributed by atoms with van der Waals surface area (Å²) >= 11 is 0. The molecule has 0 radical (unpaired) electrons. The smallest absolute Gasteiger partial charge is 0.227 e. The van der Waals surface area contributed by atoms with E-state index < -0.39 is 0 Å². The second-order valence-corrected chi connectivity index (χ2v) is 5.00. The average molecular weight is 225 g/mol. The summed E-state index contributed by atoms with van der Waals surface area (Å²) in [5, 5.41) is 8.98. The third-order valence-electron chi connectivity index (χ3n) is 3.51. The van der Waals surface area contributed by atoms with Crippen LogP contribution in [0.15, 0.2) is 0 Å². The van der Waals surface area contributed by atoms with Gasteiger partial charge in [-0.15, -0.1) is 0 Å². The maximum atomic E-state index is 11.9. The minimum atomic E-state index is -0.275. The van der Waals surface area contributed by atoms with Crippen LogP contribution < -0.4 is 16.0 Å². The van der Waals surface area contributed by atoms with Gasteiger partial charge in [-0.3, -0.25) is 9.59 Å². The van der Waals surface area contributed by atoms with Crippen LogP contribution in [-0.4, -0.2) is 37.5 Å². The number of nitrogens with one attached hydrogen (secondary N) is 3. The van der Waals surface area contributed by atoms with Crippen LogP contribution in [-0.2, 0) is 9.59 Å². The first-order chi connectivity index (χ1) is 7.60. The van der Waals surface area contributed by atoms with E-state index in [-0.39, 0.29) is 23.3 Å². The predicted octanol–water partition coefficient (Wildman–Crippen LogP) is -0.619. The Bertz CT molecular complexity index is 298. The van der Waals surface area contributed by atoms with Crippen molar-refractivity contribution in [3.63, 3.8) is 0 Å². The van der Waals surface area contributed by atoms with Gasteiger partial charge in [-0.2, -0.15) is 0 Å². The molecule has 5 heteroatoms. The molecule has 0 aromatic heterocycles. The normalized spacial score (nSPS) is 33.8. The molecule has 5 nitrogen and oxygen atoms in total. The average Bonchev–Trinajstić information content (AvgIpc) is 2.85. The Morgan fingerprint density at radius 1 is 1.62 bits per heavy atom. The molecule has 2 saturated heterocycles. The molecule has 2 heterocycles. The summed E-state index contributed by atoms with van der Waals surface area (Å²) in [6.07, 6.45) is 2.29. The van der Waals surface area contributed by atoms with Crippen molar-refractivity contribution in [1.29, 1.82) is 0 Å². The van der Waals surface area contributed by atoms with Crippen LogP contribution in [0.5, 0.6) is 0 Å². The van der Waals surface area contributed by atoms with Gasteiger partial charge in [0.2, 0.25) is 11.8 Å². The van der Waals surface area contributed by atoms with Crippen molar-refractivity contribution in [2.45, 2.75) is 32.2 Å². The van der Waals surface area contributed by atoms with Gasteiger partial charge >= 0.3 is 0 Å². The highest BCUT2D eigenvalue weighted by Gasteiger charge is 2.36. The number of carbonyl (C=O) groups is 2. The van der Waals surface area contributed by atoms with E-state index in [1.807, 2.05) is 6.92 Å². The standard InChI is InChI=1S/C11H19N3O2/c1-11(4-5-12-7-11)10(16)13-6-8-2-3-9(15)14-8/h8,12H,2-7H2,1H3,(H,13,16)(H,14,15). The molecule has 16 heavy (non-hydrogen) atoms. The van der Waals surface area contributed by atoms with Gasteiger partial charge in [0, 0.05) is 25.6 Å². The molecular weight excluding hydrogens is 206 g/mol. The Balaban J connectivity index is 1.77. The van der Waals surface area contributed by atoms with Gasteiger partial charge in [0.1, 0.15) is 0 Å². The van der Waals surface area contributed by atoms with Gasteiger partial charge in [0.05, 0.1) is 5.41 Å². The number of hydrogen-bond acceptors (Lipinski definition) is 3. The molecule has 2 aliphatic heterocycles. The summed E-state index contributed by atoms with van der Waals surface area (Å²) in [6.45, 7) is 4.19. The fraction of sp³-hybridized carbons (Fsp3) is 0.818. The molecule has 0 aliphatic carbocycles. The molecule has 90 valence electrons. The third-order valence-corrected chi connectivity index (χ3v) is 3.51. The van der Waals surface area contributed by atoms with Crippen LogP contribution in [0.2, 0.25) is 0 Å². The zero-order valence-electron chi connectivity index (χ0n) is 9.64. The van der Waals surface area contributed by atoms with Crippen molar-refractivity contribution >= 4 is 11.8 Å². The second kappa shape index (κ2) is 4.41. The van der Waals surface area contributed by atoms with Crippen molar-refractivity contribution in [3.8, 4) is 0 Å². The van der Waals surface area contributed by atoms with Crippen molar-refractivity contribution < 1.29 is 9.59 Å². The molecule has 0 bridgehead atoms. The lowest BCUT2D eigenvalue weighted by Gasteiger charge is -2.22. The van der Waals surface area contributed by atoms with Crippen LogP contribution >= 0.6 is 0 Å². The number of amides is 2. The van der Waals surface area contributed by atoms with Gasteiger partial charge in [0.25, 0.3) is 0 Å². The lowest BCUT2D eigenvalue weighted by atomic mass is 9.89. The Kier molecular flexibility index (Phi) is 3.14. The lowest BCUT2D eigenvalue weighted by Crippen LogP contribution is -2.45. The van der Waals surface area contributed by atoms with E-state index >= 15 is 0 Å². The van der Waals surface area contributed by atoms with Crippen molar-refractivity contribution in [2.75, 3.05) is 19.6 Å². The first-order valence-electron chi connectivity index (χ1n) is 5.88. The molecule has 2 rings (SSSR count). The maximum absolute atomic E-state index is 11.9. The van der Waals surface area contributed by atoms with E-state index in [0.29, 0.717) is 13.0 Å². The number of carbonyl (C=O) groups excluding carboxylic acids is 2. The first-order valence-corrected chi connectivity index (χ1v) is 5.88. The van der Waals surface area contributed by atoms with Crippen LogP contribution in [0.25, 0.3) is 0 Å². The Labute approximate surface area is 95.3 Å². The maximum Gasteiger partial charge on any atom is 0.227 e. The predicted molar refractivity (Wildman–Crippen MR) is 59.8 cm³/mol. The van der Waals surface area contributed by atoms with Crippen LogP contribution in [0.4, 0.5) is 0 Å². The van der Waals surface area contributed by atoms with Crippen LogP contribution in [0.1, 0.15) is 26.2 Å². The molecule has 2 atom stereocenters. The Hall–Kier alpha value is -1.10. The van der Waals surface area contributed by atoms with E-state index in [0.717, 1.165) is 25.9 Å². The Morgan fingerprint density at radius 3 is 3.00 bits per heavy atom. The minimum Gasteiger partial charge on any atom is -0.354 e. The zero-order valence-corrected chi connectivity index (χ0v) is 9.64. The van der Waals surface area contributed by atoms with Gasteiger partial charge < -0.3 is 16.0 Å². The number of rotatable bonds is 3. The van der Waals surface area contributed by atoms with Gasteiger partial charge in [-0.1, -0.05) is 0 Å². The van der Waals surface area contributed by atoms with E-state index in [9.17, 15) is 9.59 Å². The molecule has 3 N–H and O–H groups in total. The van der Waals surface area contributed by atoms with Crippen LogP contribution in [0.3, 0.4) is 0 Å². The summed E-state index contributed by atoms with van der Waals surface area (Å²) in [5.74, 6) is 0.187. The minimum absolute atomic E-state index is 0.0907. The molecule has 0 spiro atoms. The molecule has 2 aliphatic rings. The van der Waals surface area contributed by atoms with Crippen molar-refractivity contribution in [2.24, 2.45) is 5.41 Å². The van der Waals surface area contributed by atoms with E-state index in [4.69, 9.17) is 0 Å². The summed E-state index contributed by atoms with van der Waals surface area (Å²) < 4.78 is 0. The van der Waals surface area contributed by atoms with E-state index in [1.54, 1.807) is 0 Å². The Morgan fingerprint density at radius 2 is 2.44 bits per heavy atom. The van der Waals surface area contributed by atoms with E-state index in [1.165, 1.54) is 0 Å². The molecule has 0 aromatic carbocycles. The van der Waals surface area contributed by atoms with Gasteiger partial charge in [-0.05, 0) is 26.3 Å². The van der Waals surface area contributed by atoms with Gasteiger partial charge in [0.15, 0.2) is 0 Å². The molecule has 2 unspecified atom stereocenters. The summed E-state index contributed by atoms with van der Waals surface area (Å²) in [4.78, 5) is 22.9. The molecule has 2 fully saturated rings. The number of hydrogen-bond donors (Lipinski definition) is 3. The molecule has 0 saturated carbocycles. The topological polar surface area (TPSA) is 70.2 Å². The zero-order chi connectivity index (χ0) is 11.6. The second-order valence-electron chi connectivity index (χ2n) is 5.00. The fourth-order valence-electron chi connectivity index (χ4n) is 2.27. The summed E-state index contributed by atoms with van der Waals surface area (Å²) in [5.41, 5.74) is -0.275. The van der Waals surface area contributed by atoms with Gasteiger partial charge in [-0.25, -0.2) is 0 Å². The largest absolute Gasteiger partial charge is 0.354 e. The molecule has 0 aromatic rings. The molecular formula is C11H19N3O2.